The molecule has 5 nitrogen and oxygen atoms in total. The molecule has 0 saturated heterocycles. The Bertz CT molecular complexity index is 945. The van der Waals surface area contributed by atoms with Crippen LogP contribution in [0.25, 0.3) is 0 Å². The molecule has 3 rings (SSSR count). The van der Waals surface area contributed by atoms with Crippen LogP contribution >= 0.6 is 11.6 Å². The van der Waals surface area contributed by atoms with Crippen LogP contribution in [0.3, 0.4) is 0 Å². The van der Waals surface area contributed by atoms with Gasteiger partial charge in [0, 0.05) is 17.8 Å². The predicted molar refractivity (Wildman–Crippen MR) is 93.0 cm³/mol. The van der Waals surface area contributed by atoms with Gasteiger partial charge in [0.1, 0.15) is 0 Å². The second-order valence-corrected chi connectivity index (χ2v) is 5.67. The van der Waals surface area contributed by atoms with Gasteiger partial charge in [-0.25, -0.2) is 9.97 Å². The molecule has 0 bridgehead atoms. The van der Waals surface area contributed by atoms with Crippen LogP contribution in [0.1, 0.15) is 15.9 Å². The third-order valence-corrected chi connectivity index (χ3v) is 3.69. The largest absolute Gasteiger partial charge is 0.436 e. The Balaban J connectivity index is 1.66. The molecule has 138 valence electrons. The molecule has 9 heteroatoms. The standard InChI is InChI=1S/C18H11ClF3N3O2/c19-16-14(2-1-9-23-16)27-15-8-7-13(10-24-15)25-17(26)11-3-5-12(6-4-11)18(20,21)22/h1-10H,(H,25,26). The average molecular weight is 394 g/mol. The molecule has 0 aliphatic carbocycles. The number of rotatable bonds is 4. The van der Waals surface area contributed by atoms with Crippen molar-refractivity contribution in [1.29, 1.82) is 0 Å². The van der Waals surface area contributed by atoms with Crippen molar-refractivity contribution < 1.29 is 22.7 Å². The van der Waals surface area contributed by atoms with Crippen LogP contribution in [-0.4, -0.2) is 15.9 Å². The highest BCUT2D eigenvalue weighted by Gasteiger charge is 2.30. The van der Waals surface area contributed by atoms with Crippen LogP contribution in [0.15, 0.2) is 60.9 Å². The molecule has 0 unspecified atom stereocenters. The molecule has 1 aromatic carbocycles. The minimum atomic E-state index is -4.45. The molecule has 1 amide bonds. The Morgan fingerprint density at radius 3 is 2.37 bits per heavy atom. The SMILES string of the molecule is O=C(Nc1ccc(Oc2cccnc2Cl)nc1)c1ccc(C(F)(F)F)cc1. The monoisotopic (exact) mass is 393 g/mol. The summed E-state index contributed by atoms with van der Waals surface area (Å²) in [6.07, 6.45) is -1.59. The van der Waals surface area contributed by atoms with E-state index < -0.39 is 17.6 Å². The summed E-state index contributed by atoms with van der Waals surface area (Å²) in [5.41, 5.74) is -0.383. The quantitative estimate of drug-likeness (QED) is 0.619. The van der Waals surface area contributed by atoms with Crippen LogP contribution in [0.5, 0.6) is 11.6 Å². The van der Waals surface area contributed by atoms with Crippen LogP contribution in [0.2, 0.25) is 5.15 Å². The van der Waals surface area contributed by atoms with E-state index in [1.165, 1.54) is 24.5 Å². The molecule has 0 aliphatic heterocycles. The number of halogens is 4. The number of alkyl halides is 3. The Hall–Kier alpha value is -3.13. The second kappa shape index (κ2) is 7.63. The normalized spacial score (nSPS) is 11.1. The molecule has 0 radical (unpaired) electrons. The fourth-order valence-electron chi connectivity index (χ4n) is 2.09. The van der Waals surface area contributed by atoms with Crippen LogP contribution in [0, 0.1) is 0 Å². The van der Waals surface area contributed by atoms with Crippen LogP contribution in [0.4, 0.5) is 18.9 Å². The number of carbonyl (C=O) groups excluding carboxylic acids is 1. The number of carbonyl (C=O) groups is 1. The zero-order chi connectivity index (χ0) is 19.4. The van der Waals surface area contributed by atoms with Crippen molar-refractivity contribution >= 4 is 23.2 Å². The third-order valence-electron chi connectivity index (χ3n) is 3.41. The Kier molecular flexibility index (Phi) is 5.27. The molecule has 27 heavy (non-hydrogen) atoms. The predicted octanol–water partition coefficient (Wildman–Crippen LogP) is 5.19. The number of nitrogens with zero attached hydrogens (tertiary/aromatic N) is 2. The average Bonchev–Trinajstić information content (AvgIpc) is 2.64. The number of nitrogens with one attached hydrogen (secondary N) is 1. The number of aromatic nitrogens is 2. The van der Waals surface area contributed by atoms with Crippen molar-refractivity contribution in [2.45, 2.75) is 6.18 Å². The number of benzene rings is 1. The maximum Gasteiger partial charge on any atom is 0.416 e. The van der Waals surface area contributed by atoms with Gasteiger partial charge in [0.2, 0.25) is 5.88 Å². The van der Waals surface area contributed by atoms with Gasteiger partial charge in [0.15, 0.2) is 10.9 Å². The molecule has 2 aromatic heterocycles. The van der Waals surface area contributed by atoms with Gasteiger partial charge in [0.25, 0.3) is 5.91 Å². The molecule has 2 heterocycles. The molecule has 3 aromatic rings. The van der Waals surface area contributed by atoms with Crippen molar-refractivity contribution in [2.24, 2.45) is 0 Å². The molecular formula is C18H11ClF3N3O2. The molecule has 0 spiro atoms. The van der Waals surface area contributed by atoms with E-state index >= 15 is 0 Å². The van der Waals surface area contributed by atoms with E-state index in [2.05, 4.69) is 15.3 Å². The van der Waals surface area contributed by atoms with Crippen LogP contribution in [-0.2, 0) is 6.18 Å². The lowest BCUT2D eigenvalue weighted by atomic mass is 10.1. The summed E-state index contributed by atoms with van der Waals surface area (Å²) in [6, 6.07) is 10.2. The summed E-state index contributed by atoms with van der Waals surface area (Å²) in [5.74, 6) is 0.000123. The van der Waals surface area contributed by atoms with E-state index in [-0.39, 0.29) is 16.6 Å². The number of ether oxygens (including phenoxy) is 1. The lowest BCUT2D eigenvalue weighted by molar-refractivity contribution is -0.137. The maximum atomic E-state index is 12.6. The lowest BCUT2D eigenvalue weighted by Crippen LogP contribution is -2.13. The van der Waals surface area contributed by atoms with Gasteiger partial charge in [-0.2, -0.15) is 13.2 Å². The highest BCUT2D eigenvalue weighted by molar-refractivity contribution is 6.30. The lowest BCUT2D eigenvalue weighted by Gasteiger charge is -2.09. The third kappa shape index (κ3) is 4.73. The van der Waals surface area contributed by atoms with Crippen molar-refractivity contribution in [1.82, 2.24) is 9.97 Å². The van der Waals surface area contributed by atoms with E-state index in [1.54, 1.807) is 12.1 Å². The van der Waals surface area contributed by atoms with Crippen molar-refractivity contribution in [3.05, 3.63) is 77.2 Å². The smallest absolute Gasteiger partial charge is 0.416 e. The van der Waals surface area contributed by atoms with Crippen molar-refractivity contribution in [3.63, 3.8) is 0 Å². The summed E-state index contributed by atoms with van der Waals surface area (Å²) >= 11 is 5.89. The highest BCUT2D eigenvalue weighted by atomic mass is 35.5. The first-order valence-electron chi connectivity index (χ1n) is 7.56. The Morgan fingerprint density at radius 1 is 1.04 bits per heavy atom. The number of hydrogen-bond donors (Lipinski definition) is 1. The first-order chi connectivity index (χ1) is 12.8. The highest BCUT2D eigenvalue weighted by Crippen LogP contribution is 2.29. The maximum absolute atomic E-state index is 12.6. The summed E-state index contributed by atoms with van der Waals surface area (Å²) in [5, 5.41) is 2.72. The second-order valence-electron chi connectivity index (χ2n) is 5.31. The van der Waals surface area contributed by atoms with Gasteiger partial charge in [-0.1, -0.05) is 11.6 Å². The van der Waals surface area contributed by atoms with Gasteiger partial charge >= 0.3 is 6.18 Å². The molecular weight excluding hydrogens is 383 g/mol. The van der Waals surface area contributed by atoms with Gasteiger partial charge in [0.05, 0.1) is 17.4 Å². The van der Waals surface area contributed by atoms with E-state index in [9.17, 15) is 18.0 Å². The molecule has 0 aliphatic rings. The zero-order valence-electron chi connectivity index (χ0n) is 13.5. The van der Waals surface area contributed by atoms with Gasteiger partial charge in [-0.15, -0.1) is 0 Å². The number of pyridine rings is 2. The molecule has 1 N–H and O–H groups in total. The fraction of sp³-hybridized carbons (Fsp3) is 0.0556. The summed E-state index contributed by atoms with van der Waals surface area (Å²) in [4.78, 5) is 20.0. The zero-order valence-corrected chi connectivity index (χ0v) is 14.3. The molecule has 0 atom stereocenters. The number of anilines is 1. The van der Waals surface area contributed by atoms with Gasteiger partial charge in [-0.3, -0.25) is 4.79 Å². The van der Waals surface area contributed by atoms with E-state index in [4.69, 9.17) is 16.3 Å². The topological polar surface area (TPSA) is 64.1 Å². The Labute approximate surface area is 156 Å². The fourth-order valence-corrected chi connectivity index (χ4v) is 2.25. The van der Waals surface area contributed by atoms with E-state index in [0.717, 1.165) is 24.3 Å². The number of hydrogen-bond acceptors (Lipinski definition) is 4. The molecule has 0 saturated carbocycles. The van der Waals surface area contributed by atoms with Gasteiger partial charge in [-0.05, 0) is 42.5 Å². The van der Waals surface area contributed by atoms with Crippen molar-refractivity contribution in [2.75, 3.05) is 5.32 Å². The minimum Gasteiger partial charge on any atom is -0.436 e. The van der Waals surface area contributed by atoms with E-state index in [0.29, 0.717) is 11.4 Å². The summed E-state index contributed by atoms with van der Waals surface area (Å²) in [7, 11) is 0. The summed E-state index contributed by atoms with van der Waals surface area (Å²) < 4.78 is 43.1. The summed E-state index contributed by atoms with van der Waals surface area (Å²) in [6.45, 7) is 0. The van der Waals surface area contributed by atoms with Crippen LogP contribution < -0.4 is 10.1 Å². The molecule has 0 fully saturated rings. The minimum absolute atomic E-state index is 0.0884. The van der Waals surface area contributed by atoms with E-state index in [1.807, 2.05) is 0 Å². The van der Waals surface area contributed by atoms with Crippen molar-refractivity contribution in [3.8, 4) is 11.6 Å². The first-order valence-corrected chi connectivity index (χ1v) is 7.94. The first kappa shape index (κ1) is 18.7. The number of amides is 1. The van der Waals surface area contributed by atoms with Gasteiger partial charge < -0.3 is 10.1 Å². The Morgan fingerprint density at radius 2 is 1.78 bits per heavy atom.